The van der Waals surface area contributed by atoms with E-state index in [0.717, 1.165) is 17.3 Å². The molecule has 0 fully saturated rings. The van der Waals surface area contributed by atoms with Gasteiger partial charge in [0.05, 0.1) is 6.61 Å². The molecule has 1 aromatic rings. The second-order valence-electron chi connectivity index (χ2n) is 3.71. The Hall–Kier alpha value is -1.93. The third kappa shape index (κ3) is 5.06. The second kappa shape index (κ2) is 8.22. The molecule has 0 saturated carbocycles. The molecule has 0 saturated heterocycles. The van der Waals surface area contributed by atoms with E-state index < -0.39 is 5.97 Å². The molecule has 0 radical (unpaired) electrons. The molecule has 0 aliphatic carbocycles. The number of thioether (sulfide) groups is 1. The van der Waals surface area contributed by atoms with Gasteiger partial charge in [-0.25, -0.2) is 4.79 Å². The SMILES string of the molecule is CCOC(=O)C(SC#N)=C(C)NCc1ccccc1. The Kier molecular flexibility index (Phi) is 6.55. The lowest BCUT2D eigenvalue weighted by molar-refractivity contribution is -0.137. The third-order valence-electron chi connectivity index (χ3n) is 2.35. The number of ether oxygens (including phenoxy) is 1. The number of esters is 1. The van der Waals surface area contributed by atoms with Crippen LogP contribution in [0.15, 0.2) is 40.9 Å². The summed E-state index contributed by atoms with van der Waals surface area (Å²) >= 11 is 0.816. The van der Waals surface area contributed by atoms with Crippen molar-refractivity contribution in [2.24, 2.45) is 0 Å². The molecule has 0 bridgehead atoms. The van der Waals surface area contributed by atoms with Crippen LogP contribution in [-0.2, 0) is 16.1 Å². The van der Waals surface area contributed by atoms with Crippen molar-refractivity contribution >= 4 is 17.7 Å². The molecule has 0 spiro atoms. The van der Waals surface area contributed by atoms with Gasteiger partial charge in [0.2, 0.25) is 0 Å². The summed E-state index contributed by atoms with van der Waals surface area (Å²) in [4.78, 5) is 12.0. The molecular weight excluding hydrogens is 260 g/mol. The van der Waals surface area contributed by atoms with E-state index in [-0.39, 0.29) is 0 Å². The van der Waals surface area contributed by atoms with Crippen molar-refractivity contribution in [3.63, 3.8) is 0 Å². The Labute approximate surface area is 117 Å². The smallest absolute Gasteiger partial charge is 0.347 e. The number of allylic oxidation sites excluding steroid dienone is 1. The highest BCUT2D eigenvalue weighted by molar-refractivity contribution is 8.08. The van der Waals surface area contributed by atoms with Gasteiger partial charge in [-0.05, 0) is 31.2 Å². The van der Waals surface area contributed by atoms with Crippen LogP contribution in [0.25, 0.3) is 0 Å². The average molecular weight is 276 g/mol. The number of hydrogen-bond acceptors (Lipinski definition) is 5. The molecule has 0 aliphatic rings. The molecule has 100 valence electrons. The van der Waals surface area contributed by atoms with Crippen molar-refractivity contribution in [2.45, 2.75) is 20.4 Å². The maximum Gasteiger partial charge on any atom is 0.347 e. The number of rotatable bonds is 6. The molecule has 0 unspecified atom stereocenters. The van der Waals surface area contributed by atoms with Crippen LogP contribution in [0, 0.1) is 10.7 Å². The van der Waals surface area contributed by atoms with Gasteiger partial charge in [-0.15, -0.1) is 0 Å². The predicted octanol–water partition coefficient (Wildman–Crippen LogP) is 2.79. The highest BCUT2D eigenvalue weighted by atomic mass is 32.2. The fourth-order valence-corrected chi connectivity index (χ4v) is 1.88. The first-order valence-electron chi connectivity index (χ1n) is 5.90. The van der Waals surface area contributed by atoms with Crippen molar-refractivity contribution in [2.75, 3.05) is 6.61 Å². The minimum Gasteiger partial charge on any atom is -0.462 e. The minimum absolute atomic E-state index is 0.292. The molecule has 5 heteroatoms. The van der Waals surface area contributed by atoms with Crippen molar-refractivity contribution in [3.8, 4) is 5.40 Å². The Morgan fingerprint density at radius 1 is 1.42 bits per heavy atom. The fraction of sp³-hybridized carbons (Fsp3) is 0.286. The number of carbonyl (C=O) groups excluding carboxylic acids is 1. The van der Waals surface area contributed by atoms with Crippen LogP contribution >= 0.6 is 11.8 Å². The molecule has 0 atom stereocenters. The zero-order chi connectivity index (χ0) is 14.1. The van der Waals surface area contributed by atoms with Gasteiger partial charge >= 0.3 is 5.97 Å². The fourth-order valence-electron chi connectivity index (χ4n) is 1.42. The maximum absolute atomic E-state index is 11.7. The van der Waals surface area contributed by atoms with Crippen LogP contribution in [0.4, 0.5) is 0 Å². The summed E-state index contributed by atoms with van der Waals surface area (Å²) in [5, 5.41) is 13.8. The van der Waals surface area contributed by atoms with Gasteiger partial charge in [0.1, 0.15) is 10.3 Å². The monoisotopic (exact) mass is 276 g/mol. The third-order valence-corrected chi connectivity index (χ3v) is 3.12. The normalized spacial score (nSPS) is 11.2. The van der Waals surface area contributed by atoms with Crippen molar-refractivity contribution in [1.29, 1.82) is 5.26 Å². The Bertz CT molecular complexity index is 492. The van der Waals surface area contributed by atoms with E-state index in [4.69, 9.17) is 10.00 Å². The number of carbonyl (C=O) groups is 1. The molecule has 19 heavy (non-hydrogen) atoms. The van der Waals surface area contributed by atoms with Crippen LogP contribution in [0.2, 0.25) is 0 Å². The summed E-state index contributed by atoms with van der Waals surface area (Å²) in [5.74, 6) is -0.466. The second-order valence-corrected chi connectivity index (χ2v) is 4.50. The molecule has 1 aromatic carbocycles. The summed E-state index contributed by atoms with van der Waals surface area (Å²) in [6.07, 6.45) is 0. The largest absolute Gasteiger partial charge is 0.462 e. The molecule has 1 N–H and O–H groups in total. The van der Waals surface area contributed by atoms with Gasteiger partial charge in [0.15, 0.2) is 0 Å². The summed E-state index contributed by atoms with van der Waals surface area (Å²) < 4.78 is 4.92. The Morgan fingerprint density at radius 2 is 2.11 bits per heavy atom. The predicted molar refractivity (Wildman–Crippen MR) is 75.8 cm³/mol. The van der Waals surface area contributed by atoms with Crippen molar-refractivity contribution in [1.82, 2.24) is 5.32 Å². The van der Waals surface area contributed by atoms with Gasteiger partial charge in [-0.1, -0.05) is 30.3 Å². The van der Waals surface area contributed by atoms with Crippen LogP contribution < -0.4 is 5.32 Å². The lowest BCUT2D eigenvalue weighted by Gasteiger charge is -2.10. The number of hydrogen-bond donors (Lipinski definition) is 1. The minimum atomic E-state index is -0.466. The van der Waals surface area contributed by atoms with Crippen LogP contribution in [0.5, 0.6) is 0 Å². The number of thiocyanates is 1. The number of benzene rings is 1. The van der Waals surface area contributed by atoms with Crippen LogP contribution in [0.1, 0.15) is 19.4 Å². The summed E-state index contributed by atoms with van der Waals surface area (Å²) in [6, 6.07) is 9.82. The first-order valence-corrected chi connectivity index (χ1v) is 6.72. The molecule has 0 aliphatic heterocycles. The van der Waals surface area contributed by atoms with E-state index >= 15 is 0 Å². The molecule has 0 aromatic heterocycles. The van der Waals surface area contributed by atoms with E-state index in [1.165, 1.54) is 0 Å². The lowest BCUT2D eigenvalue weighted by atomic mass is 10.2. The molecule has 1 rings (SSSR count). The van der Waals surface area contributed by atoms with Crippen molar-refractivity contribution < 1.29 is 9.53 Å². The topological polar surface area (TPSA) is 62.1 Å². The van der Waals surface area contributed by atoms with Gasteiger partial charge in [0, 0.05) is 12.2 Å². The van der Waals surface area contributed by atoms with Gasteiger partial charge in [0.25, 0.3) is 0 Å². The number of nitrogens with one attached hydrogen (secondary N) is 1. The lowest BCUT2D eigenvalue weighted by Crippen LogP contribution is -2.16. The quantitative estimate of drug-likeness (QED) is 0.492. The first kappa shape index (κ1) is 15.1. The van der Waals surface area contributed by atoms with Gasteiger partial charge in [-0.2, -0.15) is 5.26 Å². The first-order chi connectivity index (χ1) is 9.19. The number of nitrogens with zero attached hydrogens (tertiary/aromatic N) is 1. The van der Waals surface area contributed by atoms with E-state index in [1.807, 2.05) is 35.7 Å². The van der Waals surface area contributed by atoms with Gasteiger partial charge in [-0.3, -0.25) is 0 Å². The highest BCUT2D eigenvalue weighted by Crippen LogP contribution is 2.19. The summed E-state index contributed by atoms with van der Waals surface area (Å²) in [7, 11) is 0. The molecule has 0 amide bonds. The van der Waals surface area contributed by atoms with Crippen molar-refractivity contribution in [3.05, 3.63) is 46.5 Å². The zero-order valence-corrected chi connectivity index (χ0v) is 11.8. The zero-order valence-electron chi connectivity index (χ0n) is 11.0. The standard InChI is InChI=1S/C14H16N2O2S/c1-3-18-14(17)13(19-10-15)11(2)16-9-12-7-5-4-6-8-12/h4-8,16H,3,9H2,1-2H3. The molecular formula is C14H16N2O2S. The van der Waals surface area contributed by atoms with Crippen LogP contribution in [-0.4, -0.2) is 12.6 Å². The Morgan fingerprint density at radius 3 is 2.68 bits per heavy atom. The Balaban J connectivity index is 2.74. The van der Waals surface area contributed by atoms with E-state index in [1.54, 1.807) is 13.8 Å². The maximum atomic E-state index is 11.7. The van der Waals surface area contributed by atoms with Gasteiger partial charge < -0.3 is 10.1 Å². The van der Waals surface area contributed by atoms with E-state index in [9.17, 15) is 4.79 Å². The average Bonchev–Trinajstić information content (AvgIpc) is 2.43. The molecule has 4 nitrogen and oxygen atoms in total. The number of nitriles is 1. The van der Waals surface area contributed by atoms with Crippen LogP contribution in [0.3, 0.4) is 0 Å². The molecule has 0 heterocycles. The highest BCUT2D eigenvalue weighted by Gasteiger charge is 2.15. The summed E-state index contributed by atoms with van der Waals surface area (Å²) in [6.45, 7) is 4.39. The van der Waals surface area contributed by atoms with E-state index in [0.29, 0.717) is 23.8 Å². The summed E-state index contributed by atoms with van der Waals surface area (Å²) in [5.41, 5.74) is 1.75. The van der Waals surface area contributed by atoms with E-state index in [2.05, 4.69) is 5.32 Å².